The van der Waals surface area contributed by atoms with Crippen LogP contribution < -0.4 is 4.74 Å². The number of carbonyl (C=O) groups is 1. The van der Waals surface area contributed by atoms with Crippen molar-refractivity contribution in [3.8, 4) is 17.0 Å². The number of hydrogen-bond acceptors (Lipinski definition) is 2. The highest BCUT2D eigenvalue weighted by Gasteiger charge is 2.08. The van der Waals surface area contributed by atoms with Crippen molar-refractivity contribution in [2.24, 2.45) is 0 Å². The molecule has 88 valence electrons. The van der Waals surface area contributed by atoms with E-state index >= 15 is 0 Å². The first kappa shape index (κ1) is 11.5. The first-order valence-corrected chi connectivity index (χ1v) is 5.26. The lowest BCUT2D eigenvalue weighted by Crippen LogP contribution is -1.95. The van der Waals surface area contributed by atoms with Crippen LogP contribution in [0.5, 0.6) is 5.75 Å². The van der Waals surface area contributed by atoms with E-state index in [0.29, 0.717) is 16.5 Å². The Morgan fingerprint density at radius 2 is 2.12 bits per heavy atom. The van der Waals surface area contributed by atoms with Crippen molar-refractivity contribution in [1.82, 2.24) is 4.98 Å². The predicted molar refractivity (Wildman–Crippen MR) is 64.8 cm³/mol. The van der Waals surface area contributed by atoms with Gasteiger partial charge in [-0.2, -0.15) is 0 Å². The highest BCUT2D eigenvalue weighted by molar-refractivity contribution is 6.32. The average Bonchev–Trinajstić information content (AvgIpc) is 2.78. The SMILES string of the molecule is COc1ccc(-c2ccc(C(=O)O)[nH]2)cc1Cl. The lowest BCUT2D eigenvalue weighted by molar-refractivity contribution is 0.0691. The zero-order valence-electron chi connectivity index (χ0n) is 9.03. The number of H-pyrrole nitrogens is 1. The van der Waals surface area contributed by atoms with Gasteiger partial charge < -0.3 is 14.8 Å². The summed E-state index contributed by atoms with van der Waals surface area (Å²) >= 11 is 5.99. The van der Waals surface area contributed by atoms with E-state index in [1.807, 2.05) is 6.07 Å². The molecule has 2 aromatic rings. The van der Waals surface area contributed by atoms with E-state index in [1.165, 1.54) is 13.2 Å². The van der Waals surface area contributed by atoms with Gasteiger partial charge in [-0.3, -0.25) is 0 Å². The Morgan fingerprint density at radius 1 is 1.35 bits per heavy atom. The fourth-order valence-corrected chi connectivity index (χ4v) is 1.78. The number of carboxylic acids is 1. The first-order valence-electron chi connectivity index (χ1n) is 4.88. The Hall–Kier alpha value is -1.94. The molecule has 0 bridgehead atoms. The average molecular weight is 252 g/mol. The van der Waals surface area contributed by atoms with Crippen LogP contribution >= 0.6 is 11.6 Å². The van der Waals surface area contributed by atoms with E-state index in [9.17, 15) is 4.79 Å². The molecular formula is C12H10ClNO3. The van der Waals surface area contributed by atoms with Crippen molar-refractivity contribution in [2.75, 3.05) is 7.11 Å². The number of ether oxygens (including phenoxy) is 1. The number of methoxy groups -OCH3 is 1. The van der Waals surface area contributed by atoms with Gasteiger partial charge in [0.25, 0.3) is 0 Å². The summed E-state index contributed by atoms with van der Waals surface area (Å²) in [5, 5.41) is 9.29. The number of rotatable bonds is 3. The molecule has 0 fully saturated rings. The van der Waals surface area contributed by atoms with E-state index in [0.717, 1.165) is 5.56 Å². The molecule has 1 aromatic heterocycles. The fraction of sp³-hybridized carbons (Fsp3) is 0.0833. The predicted octanol–water partition coefficient (Wildman–Crippen LogP) is 3.04. The smallest absolute Gasteiger partial charge is 0.352 e. The van der Waals surface area contributed by atoms with Gasteiger partial charge in [0.1, 0.15) is 11.4 Å². The summed E-state index contributed by atoms with van der Waals surface area (Å²) in [5.41, 5.74) is 1.65. The second-order valence-electron chi connectivity index (χ2n) is 3.44. The maximum atomic E-state index is 10.7. The monoisotopic (exact) mass is 251 g/mol. The Bertz CT molecular complexity index is 563. The molecule has 0 amide bonds. The number of benzene rings is 1. The zero-order chi connectivity index (χ0) is 12.4. The molecule has 2 rings (SSSR count). The van der Waals surface area contributed by atoms with Crippen LogP contribution in [0.4, 0.5) is 0 Å². The summed E-state index contributed by atoms with van der Waals surface area (Å²) in [6.07, 6.45) is 0. The van der Waals surface area contributed by atoms with Gasteiger partial charge in [0, 0.05) is 5.69 Å². The number of aromatic carboxylic acids is 1. The number of nitrogens with one attached hydrogen (secondary N) is 1. The van der Waals surface area contributed by atoms with E-state index in [-0.39, 0.29) is 5.69 Å². The van der Waals surface area contributed by atoms with Gasteiger partial charge in [-0.25, -0.2) is 4.79 Å². The van der Waals surface area contributed by atoms with Gasteiger partial charge in [-0.1, -0.05) is 11.6 Å². The van der Waals surface area contributed by atoms with Gasteiger partial charge >= 0.3 is 5.97 Å². The lowest BCUT2D eigenvalue weighted by atomic mass is 10.1. The second-order valence-corrected chi connectivity index (χ2v) is 3.85. The molecule has 17 heavy (non-hydrogen) atoms. The fourth-order valence-electron chi connectivity index (χ4n) is 1.52. The summed E-state index contributed by atoms with van der Waals surface area (Å²) in [6.45, 7) is 0. The lowest BCUT2D eigenvalue weighted by Gasteiger charge is -2.04. The van der Waals surface area contributed by atoms with Crippen molar-refractivity contribution in [1.29, 1.82) is 0 Å². The summed E-state index contributed by atoms with van der Waals surface area (Å²) in [4.78, 5) is 13.5. The molecule has 0 aliphatic heterocycles. The van der Waals surface area contributed by atoms with Gasteiger partial charge in [-0.15, -0.1) is 0 Å². The molecule has 0 aliphatic rings. The Labute approximate surface area is 103 Å². The number of hydrogen-bond donors (Lipinski definition) is 2. The first-order chi connectivity index (χ1) is 8.11. The highest BCUT2D eigenvalue weighted by Crippen LogP contribution is 2.29. The number of aromatic amines is 1. The summed E-state index contributed by atoms with van der Waals surface area (Å²) in [6, 6.07) is 8.47. The molecule has 5 heteroatoms. The second kappa shape index (κ2) is 4.51. The zero-order valence-corrected chi connectivity index (χ0v) is 9.78. The molecular weight excluding hydrogens is 242 g/mol. The highest BCUT2D eigenvalue weighted by atomic mass is 35.5. The van der Waals surface area contributed by atoms with Crippen LogP contribution in [-0.2, 0) is 0 Å². The largest absolute Gasteiger partial charge is 0.495 e. The number of aromatic nitrogens is 1. The van der Waals surface area contributed by atoms with Crippen molar-refractivity contribution >= 4 is 17.6 Å². The van der Waals surface area contributed by atoms with Crippen LogP contribution in [-0.4, -0.2) is 23.2 Å². The van der Waals surface area contributed by atoms with Crippen LogP contribution in [0, 0.1) is 0 Å². The summed E-state index contributed by atoms with van der Waals surface area (Å²) < 4.78 is 5.04. The van der Waals surface area contributed by atoms with E-state index in [1.54, 1.807) is 18.2 Å². The van der Waals surface area contributed by atoms with Gasteiger partial charge in [0.05, 0.1) is 12.1 Å². The Kier molecular flexibility index (Phi) is 3.06. The molecule has 0 saturated carbocycles. The van der Waals surface area contributed by atoms with Crippen LogP contribution in [0.2, 0.25) is 5.02 Å². The van der Waals surface area contributed by atoms with Crippen LogP contribution in [0.15, 0.2) is 30.3 Å². The summed E-state index contributed by atoms with van der Waals surface area (Å²) in [7, 11) is 1.54. The van der Waals surface area contributed by atoms with E-state index in [4.69, 9.17) is 21.4 Å². The molecule has 0 radical (unpaired) electrons. The maximum absolute atomic E-state index is 10.7. The van der Waals surface area contributed by atoms with Crippen molar-refractivity contribution < 1.29 is 14.6 Å². The third-order valence-corrected chi connectivity index (χ3v) is 2.67. The minimum Gasteiger partial charge on any atom is -0.495 e. The molecule has 1 heterocycles. The topological polar surface area (TPSA) is 62.3 Å². The normalized spacial score (nSPS) is 10.2. The third-order valence-electron chi connectivity index (χ3n) is 2.38. The molecule has 1 aromatic carbocycles. The number of carboxylic acid groups (broad SMARTS) is 1. The standard InChI is InChI=1S/C12H10ClNO3/c1-17-11-5-2-7(6-8(11)13)9-3-4-10(14-9)12(15)16/h2-6,14H,1H3,(H,15,16). The van der Waals surface area contributed by atoms with E-state index < -0.39 is 5.97 Å². The quantitative estimate of drug-likeness (QED) is 0.881. The van der Waals surface area contributed by atoms with Crippen molar-refractivity contribution in [2.45, 2.75) is 0 Å². The van der Waals surface area contributed by atoms with Gasteiger partial charge in [0.2, 0.25) is 0 Å². The molecule has 4 nitrogen and oxygen atoms in total. The summed E-state index contributed by atoms with van der Waals surface area (Å²) in [5.74, 6) is -0.406. The van der Waals surface area contributed by atoms with Crippen LogP contribution in [0.3, 0.4) is 0 Å². The Morgan fingerprint density at radius 3 is 2.65 bits per heavy atom. The van der Waals surface area contributed by atoms with Crippen molar-refractivity contribution in [3.05, 3.63) is 41.0 Å². The van der Waals surface area contributed by atoms with E-state index in [2.05, 4.69) is 4.98 Å². The maximum Gasteiger partial charge on any atom is 0.352 e. The van der Waals surface area contributed by atoms with Crippen LogP contribution in [0.25, 0.3) is 11.3 Å². The molecule has 0 saturated heterocycles. The van der Waals surface area contributed by atoms with Gasteiger partial charge in [0.15, 0.2) is 0 Å². The number of halogens is 1. The third kappa shape index (κ3) is 2.26. The Balaban J connectivity index is 2.39. The minimum absolute atomic E-state index is 0.145. The molecule has 0 unspecified atom stereocenters. The van der Waals surface area contributed by atoms with Gasteiger partial charge in [-0.05, 0) is 35.9 Å². The molecule has 2 N–H and O–H groups in total. The molecule has 0 aliphatic carbocycles. The molecule has 0 atom stereocenters. The molecule has 0 spiro atoms. The van der Waals surface area contributed by atoms with Crippen molar-refractivity contribution in [3.63, 3.8) is 0 Å². The van der Waals surface area contributed by atoms with Crippen LogP contribution in [0.1, 0.15) is 10.5 Å². The minimum atomic E-state index is -0.990.